The Balaban J connectivity index is 1.47. The number of aromatic nitrogens is 3. The number of sulfone groups is 1. The minimum atomic E-state index is -2.92. The van der Waals surface area contributed by atoms with E-state index in [1.807, 2.05) is 24.0 Å². The van der Waals surface area contributed by atoms with Crippen LogP contribution < -0.4 is 11.1 Å². The molecule has 3 aliphatic rings. The lowest BCUT2D eigenvalue weighted by Gasteiger charge is -2.41. The van der Waals surface area contributed by atoms with Crippen molar-refractivity contribution in [3.8, 4) is 0 Å². The quantitative estimate of drug-likeness (QED) is 0.736. The second-order valence-corrected chi connectivity index (χ2v) is 11.1. The Morgan fingerprint density at radius 2 is 2.07 bits per heavy atom. The van der Waals surface area contributed by atoms with E-state index < -0.39 is 9.84 Å². The lowest BCUT2D eigenvalue weighted by atomic mass is 9.68. The van der Waals surface area contributed by atoms with Gasteiger partial charge in [0.15, 0.2) is 5.65 Å². The number of hydrogen-bond acceptors (Lipinski definition) is 8. The SMILES string of the molecule is CCn1ncc2c(NC3CCS(=O)(=O)CC3)c(C3=NOC4(C3)CC(CN)C4)cnc21. The van der Waals surface area contributed by atoms with E-state index in [0.717, 1.165) is 53.8 Å². The maximum Gasteiger partial charge on any atom is 0.159 e. The molecule has 162 valence electrons. The van der Waals surface area contributed by atoms with Gasteiger partial charge in [0.2, 0.25) is 0 Å². The van der Waals surface area contributed by atoms with Gasteiger partial charge in [0.1, 0.15) is 15.4 Å². The summed E-state index contributed by atoms with van der Waals surface area (Å²) in [6.45, 7) is 3.44. The maximum absolute atomic E-state index is 11.8. The number of nitrogens with zero attached hydrogens (tertiary/aromatic N) is 4. The Hall–Kier alpha value is -2.20. The number of fused-ring (bicyclic) bond motifs is 1. The number of hydrogen-bond donors (Lipinski definition) is 2. The normalized spacial score (nSPS) is 23.3. The summed E-state index contributed by atoms with van der Waals surface area (Å²) in [5.41, 5.74) is 9.11. The second-order valence-electron chi connectivity index (χ2n) is 8.81. The van der Waals surface area contributed by atoms with E-state index in [-0.39, 0.29) is 23.1 Å². The third-order valence-electron chi connectivity index (χ3n) is 6.67. The fourth-order valence-corrected chi connectivity index (χ4v) is 6.41. The van der Waals surface area contributed by atoms with E-state index in [0.29, 0.717) is 25.3 Å². The Morgan fingerprint density at radius 1 is 1.30 bits per heavy atom. The van der Waals surface area contributed by atoms with Crippen LogP contribution in [0.3, 0.4) is 0 Å². The van der Waals surface area contributed by atoms with Gasteiger partial charge in [0.05, 0.1) is 34.5 Å². The number of rotatable bonds is 5. The van der Waals surface area contributed by atoms with Crippen molar-refractivity contribution in [1.29, 1.82) is 0 Å². The number of aryl methyl sites for hydroxylation is 1. The van der Waals surface area contributed by atoms with Gasteiger partial charge in [-0.2, -0.15) is 5.10 Å². The van der Waals surface area contributed by atoms with Crippen LogP contribution in [-0.4, -0.2) is 58.6 Å². The number of nitrogens with one attached hydrogen (secondary N) is 1. The standard InChI is InChI=1S/C20H28N6O3S/c1-2-26-19-16(12-23-26)18(24-14-3-5-30(27,28)6-4-14)15(11-22-19)17-9-20(29-25-17)7-13(8-20)10-21/h11-14H,2-10,21H2,1H3,(H,22,24). The van der Waals surface area contributed by atoms with Crippen molar-refractivity contribution in [3.63, 3.8) is 0 Å². The van der Waals surface area contributed by atoms with Gasteiger partial charge in [-0.1, -0.05) is 5.16 Å². The van der Waals surface area contributed by atoms with Crippen LogP contribution in [0.4, 0.5) is 5.69 Å². The monoisotopic (exact) mass is 432 g/mol. The molecule has 2 fully saturated rings. The molecule has 2 aliphatic heterocycles. The molecule has 5 rings (SSSR count). The smallest absolute Gasteiger partial charge is 0.159 e. The van der Waals surface area contributed by atoms with E-state index in [9.17, 15) is 8.42 Å². The van der Waals surface area contributed by atoms with Gasteiger partial charge in [-0.3, -0.25) is 0 Å². The first kappa shape index (κ1) is 19.7. The Bertz CT molecular complexity index is 1090. The predicted octanol–water partition coefficient (Wildman–Crippen LogP) is 1.67. The Morgan fingerprint density at radius 3 is 2.77 bits per heavy atom. The summed E-state index contributed by atoms with van der Waals surface area (Å²) in [5.74, 6) is 0.941. The molecule has 0 bridgehead atoms. The summed E-state index contributed by atoms with van der Waals surface area (Å²) in [4.78, 5) is 10.5. The predicted molar refractivity (Wildman–Crippen MR) is 115 cm³/mol. The molecule has 1 saturated carbocycles. The van der Waals surface area contributed by atoms with Crippen LogP contribution in [0.1, 0.15) is 44.6 Å². The van der Waals surface area contributed by atoms with Gasteiger partial charge in [0, 0.05) is 30.8 Å². The molecule has 2 aromatic rings. The van der Waals surface area contributed by atoms with Gasteiger partial charge in [-0.05, 0) is 45.1 Å². The zero-order chi connectivity index (χ0) is 20.9. The van der Waals surface area contributed by atoms with Crippen LogP contribution in [-0.2, 0) is 21.2 Å². The number of anilines is 1. The van der Waals surface area contributed by atoms with Crippen molar-refractivity contribution in [2.24, 2.45) is 16.8 Å². The van der Waals surface area contributed by atoms with Crippen molar-refractivity contribution in [2.75, 3.05) is 23.4 Å². The van der Waals surface area contributed by atoms with Gasteiger partial charge >= 0.3 is 0 Å². The number of nitrogens with two attached hydrogens (primary N) is 1. The molecule has 2 aromatic heterocycles. The average molecular weight is 433 g/mol. The average Bonchev–Trinajstić information content (AvgIpc) is 3.33. The number of oxime groups is 1. The van der Waals surface area contributed by atoms with Crippen molar-refractivity contribution in [3.05, 3.63) is 18.0 Å². The molecule has 1 saturated heterocycles. The molecule has 0 unspecified atom stereocenters. The van der Waals surface area contributed by atoms with E-state index in [4.69, 9.17) is 10.6 Å². The highest BCUT2D eigenvalue weighted by molar-refractivity contribution is 7.91. The van der Waals surface area contributed by atoms with Crippen molar-refractivity contribution in [1.82, 2.24) is 14.8 Å². The Labute approximate surface area is 176 Å². The highest BCUT2D eigenvalue weighted by atomic mass is 32.2. The lowest BCUT2D eigenvalue weighted by molar-refractivity contribution is -0.105. The van der Waals surface area contributed by atoms with Gasteiger partial charge in [0.25, 0.3) is 0 Å². The third-order valence-corrected chi connectivity index (χ3v) is 8.39. The molecule has 1 spiro atoms. The van der Waals surface area contributed by atoms with Gasteiger partial charge in [-0.15, -0.1) is 0 Å². The van der Waals surface area contributed by atoms with Crippen molar-refractivity contribution >= 4 is 32.3 Å². The summed E-state index contributed by atoms with van der Waals surface area (Å²) < 4.78 is 25.6. The minimum absolute atomic E-state index is 0.0880. The second kappa shape index (κ2) is 7.19. The molecule has 0 amide bonds. The zero-order valence-corrected chi connectivity index (χ0v) is 18.0. The molecule has 1 aliphatic carbocycles. The minimum Gasteiger partial charge on any atom is -0.389 e. The molecule has 9 nitrogen and oxygen atoms in total. The summed E-state index contributed by atoms with van der Waals surface area (Å²) in [7, 11) is -2.92. The molecule has 0 radical (unpaired) electrons. The summed E-state index contributed by atoms with van der Waals surface area (Å²) >= 11 is 0. The van der Waals surface area contributed by atoms with Gasteiger partial charge in [-0.25, -0.2) is 18.1 Å². The largest absolute Gasteiger partial charge is 0.389 e. The third kappa shape index (κ3) is 3.35. The molecular weight excluding hydrogens is 404 g/mol. The topological polar surface area (TPSA) is 124 Å². The van der Waals surface area contributed by atoms with Crippen LogP contribution in [0.25, 0.3) is 11.0 Å². The lowest BCUT2D eigenvalue weighted by Crippen LogP contribution is -2.46. The summed E-state index contributed by atoms with van der Waals surface area (Å²) in [6, 6.07) is 0.0880. The highest BCUT2D eigenvalue weighted by Crippen LogP contribution is 2.47. The van der Waals surface area contributed by atoms with E-state index in [1.54, 1.807) is 0 Å². The fraction of sp³-hybridized carbons (Fsp3) is 0.650. The summed E-state index contributed by atoms with van der Waals surface area (Å²) in [5, 5.41) is 13.4. The first-order chi connectivity index (χ1) is 14.4. The molecular formula is C20H28N6O3S. The molecule has 3 N–H and O–H groups in total. The Kier molecular flexibility index (Phi) is 4.73. The first-order valence-electron chi connectivity index (χ1n) is 10.7. The highest BCUT2D eigenvalue weighted by Gasteiger charge is 2.50. The zero-order valence-electron chi connectivity index (χ0n) is 17.2. The molecule has 4 heterocycles. The summed E-state index contributed by atoms with van der Waals surface area (Å²) in [6.07, 6.45) is 7.48. The first-order valence-corrected chi connectivity index (χ1v) is 12.5. The van der Waals surface area contributed by atoms with Crippen LogP contribution in [0.2, 0.25) is 0 Å². The molecule has 30 heavy (non-hydrogen) atoms. The fourth-order valence-electron chi connectivity index (χ4n) is 4.91. The van der Waals surface area contributed by atoms with Crippen molar-refractivity contribution < 1.29 is 13.3 Å². The van der Waals surface area contributed by atoms with E-state index in [1.165, 1.54) is 0 Å². The van der Waals surface area contributed by atoms with E-state index >= 15 is 0 Å². The maximum atomic E-state index is 11.8. The van der Waals surface area contributed by atoms with Crippen LogP contribution in [0, 0.1) is 5.92 Å². The van der Waals surface area contributed by atoms with Crippen LogP contribution >= 0.6 is 0 Å². The molecule has 0 aromatic carbocycles. The van der Waals surface area contributed by atoms with E-state index in [2.05, 4.69) is 20.6 Å². The van der Waals surface area contributed by atoms with Gasteiger partial charge < -0.3 is 15.9 Å². The number of pyridine rings is 1. The molecule has 0 atom stereocenters. The van der Waals surface area contributed by atoms with Crippen LogP contribution in [0.15, 0.2) is 17.5 Å². The van der Waals surface area contributed by atoms with Crippen LogP contribution in [0.5, 0.6) is 0 Å². The van der Waals surface area contributed by atoms with Crippen molar-refractivity contribution in [2.45, 2.75) is 57.2 Å². The molecule has 10 heteroatoms.